The van der Waals surface area contributed by atoms with Crippen LogP contribution in [0.25, 0.3) is 0 Å². The van der Waals surface area contributed by atoms with E-state index >= 15 is 0 Å². The van der Waals surface area contributed by atoms with Crippen LogP contribution in [0, 0.1) is 5.92 Å². The molecule has 1 fully saturated rings. The van der Waals surface area contributed by atoms with Crippen molar-refractivity contribution in [2.45, 2.75) is 43.4 Å². The van der Waals surface area contributed by atoms with Gasteiger partial charge in [0.25, 0.3) is 0 Å². The molecule has 1 unspecified atom stereocenters. The lowest BCUT2D eigenvalue weighted by Crippen LogP contribution is -2.43. The van der Waals surface area contributed by atoms with Gasteiger partial charge in [-0.25, -0.2) is 13.2 Å². The van der Waals surface area contributed by atoms with Gasteiger partial charge in [0.1, 0.15) is 5.00 Å². The highest BCUT2D eigenvalue weighted by atomic mass is 35.5. The van der Waals surface area contributed by atoms with Crippen LogP contribution in [0.3, 0.4) is 0 Å². The molecule has 2 aliphatic rings. The van der Waals surface area contributed by atoms with Gasteiger partial charge in [-0.15, -0.1) is 11.3 Å². The molecular formula is C22H25ClN2O5S2. The molecule has 1 aliphatic heterocycles. The van der Waals surface area contributed by atoms with Gasteiger partial charge in [0, 0.05) is 23.0 Å². The van der Waals surface area contributed by atoms with Gasteiger partial charge in [0.15, 0.2) is 0 Å². The smallest absolute Gasteiger partial charge is 0.341 e. The van der Waals surface area contributed by atoms with Crippen molar-refractivity contribution in [3.05, 3.63) is 45.3 Å². The summed E-state index contributed by atoms with van der Waals surface area (Å²) in [6.07, 6.45) is 4.90. The monoisotopic (exact) mass is 496 g/mol. The van der Waals surface area contributed by atoms with Crippen molar-refractivity contribution in [2.75, 3.05) is 25.5 Å². The maximum Gasteiger partial charge on any atom is 0.341 e. The summed E-state index contributed by atoms with van der Waals surface area (Å²) in [5.41, 5.74) is 1.42. The highest BCUT2D eigenvalue weighted by Gasteiger charge is 2.34. The second kappa shape index (κ2) is 9.51. The Morgan fingerprint density at radius 3 is 2.59 bits per heavy atom. The number of carbonyl (C=O) groups is 2. The van der Waals surface area contributed by atoms with Gasteiger partial charge >= 0.3 is 5.97 Å². The second-order valence-electron chi connectivity index (χ2n) is 8.05. The van der Waals surface area contributed by atoms with Gasteiger partial charge in [0.2, 0.25) is 15.9 Å². The Balaban J connectivity index is 1.53. The summed E-state index contributed by atoms with van der Waals surface area (Å²) in [4.78, 5) is 26.8. The molecule has 0 bridgehead atoms. The molecule has 2 aromatic rings. The topological polar surface area (TPSA) is 92.8 Å². The Labute approximate surface area is 196 Å². The predicted molar refractivity (Wildman–Crippen MR) is 124 cm³/mol. The summed E-state index contributed by atoms with van der Waals surface area (Å²) >= 11 is 7.30. The lowest BCUT2D eigenvalue weighted by Gasteiger charge is -2.31. The number of fused-ring (bicyclic) bond motifs is 1. The van der Waals surface area contributed by atoms with E-state index in [1.807, 2.05) is 0 Å². The molecule has 172 valence electrons. The van der Waals surface area contributed by atoms with Crippen molar-refractivity contribution in [1.29, 1.82) is 0 Å². The number of hydrogen-bond acceptors (Lipinski definition) is 6. The molecule has 32 heavy (non-hydrogen) atoms. The molecule has 4 rings (SSSR count). The van der Waals surface area contributed by atoms with E-state index in [0.717, 1.165) is 36.1 Å². The van der Waals surface area contributed by atoms with E-state index in [9.17, 15) is 18.0 Å². The fourth-order valence-corrected chi connectivity index (χ4v) is 7.25. The average Bonchev–Trinajstić information content (AvgIpc) is 3.16. The third kappa shape index (κ3) is 4.57. The van der Waals surface area contributed by atoms with Gasteiger partial charge in [-0.1, -0.05) is 11.6 Å². The number of aryl methyl sites for hydroxylation is 1. The minimum Gasteiger partial charge on any atom is -0.465 e. The third-order valence-electron chi connectivity index (χ3n) is 6.00. The Hall–Kier alpha value is -1.94. The highest BCUT2D eigenvalue weighted by molar-refractivity contribution is 7.89. The Bertz CT molecular complexity index is 1130. The molecule has 1 N–H and O–H groups in total. The van der Waals surface area contributed by atoms with Crippen LogP contribution in [0.15, 0.2) is 29.2 Å². The number of hydrogen-bond donors (Lipinski definition) is 1. The van der Waals surface area contributed by atoms with Crippen LogP contribution >= 0.6 is 22.9 Å². The molecule has 2 heterocycles. The fourth-order valence-electron chi connectivity index (χ4n) is 4.32. The van der Waals surface area contributed by atoms with E-state index in [1.165, 1.54) is 47.0 Å². The minimum absolute atomic E-state index is 0.0927. The van der Waals surface area contributed by atoms with Crippen LogP contribution in [-0.4, -0.2) is 44.8 Å². The van der Waals surface area contributed by atoms with E-state index in [4.69, 9.17) is 16.3 Å². The van der Waals surface area contributed by atoms with Gasteiger partial charge in [-0.3, -0.25) is 4.79 Å². The van der Waals surface area contributed by atoms with Crippen molar-refractivity contribution >= 4 is 49.8 Å². The number of nitrogens with one attached hydrogen (secondary N) is 1. The molecule has 1 amide bonds. The van der Waals surface area contributed by atoms with Crippen LogP contribution in [0.1, 0.15) is 46.5 Å². The van der Waals surface area contributed by atoms with Crippen molar-refractivity contribution in [3.8, 4) is 0 Å². The summed E-state index contributed by atoms with van der Waals surface area (Å²) in [6.45, 7) is 0.449. The average molecular weight is 497 g/mol. The molecule has 1 aliphatic carbocycles. The number of halogens is 1. The Morgan fingerprint density at radius 1 is 1.16 bits per heavy atom. The van der Waals surface area contributed by atoms with Crippen molar-refractivity contribution in [2.24, 2.45) is 5.92 Å². The number of ether oxygens (including phenoxy) is 1. The highest BCUT2D eigenvalue weighted by Crippen LogP contribution is 2.39. The standard InChI is InChI=1S/C22H25ClN2O5S2/c1-30-22(27)19-17-6-2-3-7-18(17)31-21(19)24-20(26)14-5-4-12-25(13-14)32(28,29)16-10-8-15(23)9-11-16/h8-11,14H,2-7,12-13H2,1H3,(H,24,26). The number of amides is 1. The number of esters is 1. The fraction of sp³-hybridized carbons (Fsp3) is 0.455. The number of methoxy groups -OCH3 is 1. The number of benzene rings is 1. The summed E-state index contributed by atoms with van der Waals surface area (Å²) in [6, 6.07) is 6.02. The normalized spacial score (nSPS) is 19.2. The first-order chi connectivity index (χ1) is 15.3. The van der Waals surface area contributed by atoms with Crippen LogP contribution in [0.5, 0.6) is 0 Å². The van der Waals surface area contributed by atoms with Crippen molar-refractivity contribution in [3.63, 3.8) is 0 Å². The molecule has 7 nitrogen and oxygen atoms in total. The molecular weight excluding hydrogens is 472 g/mol. The summed E-state index contributed by atoms with van der Waals surface area (Å²) in [5.74, 6) is -1.23. The van der Waals surface area contributed by atoms with E-state index in [0.29, 0.717) is 35.0 Å². The molecule has 0 radical (unpaired) electrons. The maximum atomic E-state index is 13.1. The minimum atomic E-state index is -3.72. The van der Waals surface area contributed by atoms with Gasteiger partial charge < -0.3 is 10.1 Å². The predicted octanol–water partition coefficient (Wildman–Crippen LogP) is 4.11. The number of thiophene rings is 1. The van der Waals surface area contributed by atoms with Crippen LogP contribution < -0.4 is 5.32 Å². The maximum absolute atomic E-state index is 13.1. The van der Waals surface area contributed by atoms with Crippen LogP contribution in [0.4, 0.5) is 5.00 Å². The molecule has 0 saturated carbocycles. The number of nitrogens with zero attached hydrogens (tertiary/aromatic N) is 1. The summed E-state index contributed by atoms with van der Waals surface area (Å²) < 4.78 is 32.4. The molecule has 1 aromatic heterocycles. The summed E-state index contributed by atoms with van der Waals surface area (Å²) in [5, 5.41) is 3.88. The first-order valence-corrected chi connectivity index (χ1v) is 13.2. The summed E-state index contributed by atoms with van der Waals surface area (Å²) in [7, 11) is -2.39. The second-order valence-corrected chi connectivity index (χ2v) is 11.5. The van der Waals surface area contributed by atoms with E-state index in [-0.39, 0.29) is 17.3 Å². The zero-order valence-electron chi connectivity index (χ0n) is 17.7. The van der Waals surface area contributed by atoms with Crippen LogP contribution in [0.2, 0.25) is 5.02 Å². The number of anilines is 1. The van der Waals surface area contributed by atoms with Crippen molar-refractivity contribution < 1.29 is 22.7 Å². The molecule has 0 spiro atoms. The van der Waals surface area contributed by atoms with Gasteiger partial charge in [0.05, 0.1) is 23.5 Å². The first kappa shape index (κ1) is 23.2. The number of carbonyl (C=O) groups excluding carboxylic acids is 2. The number of sulfonamides is 1. The first-order valence-electron chi connectivity index (χ1n) is 10.6. The van der Waals surface area contributed by atoms with Crippen molar-refractivity contribution in [1.82, 2.24) is 4.31 Å². The quantitative estimate of drug-likeness (QED) is 0.629. The SMILES string of the molecule is COC(=O)c1c(NC(=O)C2CCCN(S(=O)(=O)c3ccc(Cl)cc3)C2)sc2c1CCCC2. The largest absolute Gasteiger partial charge is 0.465 e. The lowest BCUT2D eigenvalue weighted by atomic mass is 9.95. The van der Waals surface area contributed by atoms with E-state index < -0.39 is 21.9 Å². The number of rotatable bonds is 5. The van der Waals surface area contributed by atoms with Crippen LogP contribution in [-0.2, 0) is 32.4 Å². The zero-order valence-corrected chi connectivity index (χ0v) is 20.1. The van der Waals surface area contributed by atoms with Gasteiger partial charge in [-0.05, 0) is 68.4 Å². The molecule has 10 heteroatoms. The zero-order chi connectivity index (χ0) is 22.9. The van der Waals surface area contributed by atoms with Gasteiger partial charge in [-0.2, -0.15) is 4.31 Å². The third-order valence-corrected chi connectivity index (χ3v) is 9.34. The molecule has 1 atom stereocenters. The molecule has 1 aromatic carbocycles. The molecule has 1 saturated heterocycles. The Morgan fingerprint density at radius 2 is 1.88 bits per heavy atom. The lowest BCUT2D eigenvalue weighted by molar-refractivity contribution is -0.120. The van der Waals surface area contributed by atoms with E-state index in [1.54, 1.807) is 0 Å². The Kier molecular flexibility index (Phi) is 6.90. The number of piperidine rings is 1. The van der Waals surface area contributed by atoms with E-state index in [2.05, 4.69) is 5.32 Å².